The van der Waals surface area contributed by atoms with E-state index in [1.807, 2.05) is 0 Å². The van der Waals surface area contributed by atoms with Crippen LogP contribution in [0.15, 0.2) is 42.5 Å². The van der Waals surface area contributed by atoms with E-state index in [1.54, 1.807) is 18.2 Å². The summed E-state index contributed by atoms with van der Waals surface area (Å²) in [5, 5.41) is 2.65. The molecule has 2 rings (SSSR count). The zero-order valence-corrected chi connectivity index (χ0v) is 10.3. The lowest BCUT2D eigenvalue weighted by Crippen LogP contribution is -2.13. The number of anilines is 2. The van der Waals surface area contributed by atoms with Gasteiger partial charge in [-0.05, 0) is 36.4 Å². The quantitative estimate of drug-likeness (QED) is 0.834. The summed E-state index contributed by atoms with van der Waals surface area (Å²) < 4.78 is 17.9. The average molecular weight is 260 g/mol. The smallest absolute Gasteiger partial charge is 0.259 e. The number of benzene rings is 2. The van der Waals surface area contributed by atoms with E-state index in [2.05, 4.69) is 5.32 Å². The molecule has 3 N–H and O–H groups in total. The number of nitrogens with two attached hydrogens (primary N) is 1. The summed E-state index contributed by atoms with van der Waals surface area (Å²) in [4.78, 5) is 12.1. The van der Waals surface area contributed by atoms with Gasteiger partial charge in [-0.3, -0.25) is 4.79 Å². The van der Waals surface area contributed by atoms with Gasteiger partial charge < -0.3 is 15.8 Å². The van der Waals surface area contributed by atoms with Crippen molar-refractivity contribution in [1.29, 1.82) is 0 Å². The molecule has 0 saturated heterocycles. The highest BCUT2D eigenvalue weighted by Crippen LogP contribution is 2.22. The fourth-order valence-corrected chi connectivity index (χ4v) is 1.63. The molecular formula is C14H13FN2O2. The highest BCUT2D eigenvalue weighted by atomic mass is 19.1. The monoisotopic (exact) mass is 260 g/mol. The molecule has 4 nitrogen and oxygen atoms in total. The van der Waals surface area contributed by atoms with Crippen molar-refractivity contribution in [3.05, 3.63) is 53.8 Å². The molecule has 0 saturated carbocycles. The molecule has 0 aliphatic rings. The molecule has 0 unspecified atom stereocenters. The Bertz CT molecular complexity index is 597. The van der Waals surface area contributed by atoms with Crippen LogP contribution in [0.25, 0.3) is 0 Å². The number of nitrogens with one attached hydrogen (secondary N) is 1. The molecule has 5 heteroatoms. The number of carbonyl (C=O) groups excluding carboxylic acids is 1. The summed E-state index contributed by atoms with van der Waals surface area (Å²) in [6, 6.07) is 10.3. The first kappa shape index (κ1) is 12.9. The molecule has 0 aromatic heterocycles. The summed E-state index contributed by atoms with van der Waals surface area (Å²) in [5.41, 5.74) is 7.00. The summed E-state index contributed by atoms with van der Waals surface area (Å²) in [6.45, 7) is 0. The van der Waals surface area contributed by atoms with Crippen LogP contribution in [0.1, 0.15) is 10.4 Å². The molecule has 98 valence electrons. The van der Waals surface area contributed by atoms with Crippen molar-refractivity contribution in [2.45, 2.75) is 0 Å². The van der Waals surface area contributed by atoms with E-state index in [0.29, 0.717) is 22.7 Å². The Labute approximate surface area is 110 Å². The van der Waals surface area contributed by atoms with Gasteiger partial charge in [-0.1, -0.05) is 0 Å². The summed E-state index contributed by atoms with van der Waals surface area (Å²) in [5.74, 6) is -0.314. The van der Waals surface area contributed by atoms with Crippen LogP contribution in [-0.2, 0) is 0 Å². The Kier molecular flexibility index (Phi) is 3.66. The van der Waals surface area contributed by atoms with Crippen LogP contribution in [0.3, 0.4) is 0 Å². The Morgan fingerprint density at radius 1 is 1.21 bits per heavy atom. The van der Waals surface area contributed by atoms with Gasteiger partial charge in [0.25, 0.3) is 5.91 Å². The first-order valence-electron chi connectivity index (χ1n) is 5.60. The molecule has 0 bridgehead atoms. The number of amides is 1. The van der Waals surface area contributed by atoms with Crippen LogP contribution in [0.5, 0.6) is 5.75 Å². The number of halogens is 1. The van der Waals surface area contributed by atoms with Crippen LogP contribution in [-0.4, -0.2) is 13.0 Å². The fraction of sp³-hybridized carbons (Fsp3) is 0.0714. The van der Waals surface area contributed by atoms with Gasteiger partial charge >= 0.3 is 0 Å². The van der Waals surface area contributed by atoms with Crippen LogP contribution in [0, 0.1) is 5.82 Å². The van der Waals surface area contributed by atoms with Gasteiger partial charge in [0.05, 0.1) is 12.7 Å². The molecule has 1 amide bonds. The van der Waals surface area contributed by atoms with E-state index in [-0.39, 0.29) is 11.7 Å². The second-order valence-electron chi connectivity index (χ2n) is 3.92. The van der Waals surface area contributed by atoms with Crippen molar-refractivity contribution in [3.8, 4) is 5.75 Å². The van der Waals surface area contributed by atoms with E-state index in [4.69, 9.17) is 10.5 Å². The summed E-state index contributed by atoms with van der Waals surface area (Å²) in [7, 11) is 1.46. The standard InChI is InChI=1S/C14H13FN2O2/c1-19-13-8-10(16)4-7-12(13)14(18)17-11-5-2-9(15)3-6-11/h2-8H,16H2,1H3,(H,17,18). The normalized spacial score (nSPS) is 10.0. The molecule has 0 aliphatic carbocycles. The number of hydrogen-bond donors (Lipinski definition) is 2. The molecule has 0 atom stereocenters. The largest absolute Gasteiger partial charge is 0.496 e. The van der Waals surface area contributed by atoms with E-state index in [9.17, 15) is 9.18 Å². The van der Waals surface area contributed by atoms with Gasteiger partial charge in [-0.25, -0.2) is 4.39 Å². The molecule has 0 radical (unpaired) electrons. The number of carbonyl (C=O) groups is 1. The number of nitrogen functional groups attached to an aromatic ring is 1. The maximum atomic E-state index is 12.8. The predicted molar refractivity (Wildman–Crippen MR) is 71.8 cm³/mol. The predicted octanol–water partition coefficient (Wildman–Crippen LogP) is 2.67. The average Bonchev–Trinajstić information content (AvgIpc) is 2.41. The van der Waals surface area contributed by atoms with Crippen molar-refractivity contribution in [2.75, 3.05) is 18.2 Å². The van der Waals surface area contributed by atoms with Crippen LogP contribution >= 0.6 is 0 Å². The maximum absolute atomic E-state index is 12.8. The van der Waals surface area contributed by atoms with Crippen LogP contribution < -0.4 is 15.8 Å². The molecule has 0 spiro atoms. The lowest BCUT2D eigenvalue weighted by molar-refractivity contribution is 0.102. The maximum Gasteiger partial charge on any atom is 0.259 e. The van der Waals surface area contributed by atoms with E-state index >= 15 is 0 Å². The van der Waals surface area contributed by atoms with Crippen molar-refractivity contribution in [3.63, 3.8) is 0 Å². The Morgan fingerprint density at radius 3 is 2.53 bits per heavy atom. The Balaban J connectivity index is 2.22. The number of ether oxygens (including phenoxy) is 1. The lowest BCUT2D eigenvalue weighted by Gasteiger charge is -2.10. The van der Waals surface area contributed by atoms with Crippen molar-refractivity contribution >= 4 is 17.3 Å². The molecule has 0 aliphatic heterocycles. The summed E-state index contributed by atoms with van der Waals surface area (Å²) in [6.07, 6.45) is 0. The SMILES string of the molecule is COc1cc(N)ccc1C(=O)Nc1ccc(F)cc1. The highest BCUT2D eigenvalue weighted by molar-refractivity contribution is 6.06. The van der Waals surface area contributed by atoms with Gasteiger partial charge in [0, 0.05) is 17.4 Å². The first-order chi connectivity index (χ1) is 9.10. The lowest BCUT2D eigenvalue weighted by atomic mass is 10.1. The molecule has 2 aromatic carbocycles. The molecule has 0 heterocycles. The third-order valence-electron chi connectivity index (χ3n) is 2.57. The zero-order valence-electron chi connectivity index (χ0n) is 10.3. The number of methoxy groups -OCH3 is 1. The zero-order chi connectivity index (χ0) is 13.8. The second-order valence-corrected chi connectivity index (χ2v) is 3.92. The van der Waals surface area contributed by atoms with Gasteiger partial charge in [0.15, 0.2) is 0 Å². The topological polar surface area (TPSA) is 64.3 Å². The highest BCUT2D eigenvalue weighted by Gasteiger charge is 2.12. The Hall–Kier alpha value is -2.56. The van der Waals surface area contributed by atoms with Crippen molar-refractivity contribution < 1.29 is 13.9 Å². The molecule has 2 aromatic rings. The van der Waals surface area contributed by atoms with E-state index in [1.165, 1.54) is 31.4 Å². The van der Waals surface area contributed by atoms with Crippen LogP contribution in [0.2, 0.25) is 0 Å². The van der Waals surface area contributed by atoms with E-state index in [0.717, 1.165) is 0 Å². The first-order valence-corrected chi connectivity index (χ1v) is 5.60. The minimum absolute atomic E-state index is 0.344. The van der Waals surface area contributed by atoms with Crippen molar-refractivity contribution in [1.82, 2.24) is 0 Å². The van der Waals surface area contributed by atoms with Gasteiger partial charge in [0.1, 0.15) is 11.6 Å². The van der Waals surface area contributed by atoms with Gasteiger partial charge in [0.2, 0.25) is 0 Å². The van der Waals surface area contributed by atoms with E-state index < -0.39 is 0 Å². The molecule has 0 fully saturated rings. The minimum Gasteiger partial charge on any atom is -0.496 e. The second kappa shape index (κ2) is 5.39. The molecule has 19 heavy (non-hydrogen) atoms. The van der Waals surface area contributed by atoms with Gasteiger partial charge in [-0.2, -0.15) is 0 Å². The number of hydrogen-bond acceptors (Lipinski definition) is 3. The fourth-order valence-electron chi connectivity index (χ4n) is 1.63. The third kappa shape index (κ3) is 3.01. The minimum atomic E-state index is -0.358. The third-order valence-corrected chi connectivity index (χ3v) is 2.57. The summed E-state index contributed by atoms with van der Waals surface area (Å²) >= 11 is 0. The Morgan fingerprint density at radius 2 is 1.89 bits per heavy atom. The van der Waals surface area contributed by atoms with Crippen LogP contribution in [0.4, 0.5) is 15.8 Å². The van der Waals surface area contributed by atoms with Gasteiger partial charge in [-0.15, -0.1) is 0 Å². The van der Waals surface area contributed by atoms with Crippen molar-refractivity contribution in [2.24, 2.45) is 0 Å². The number of rotatable bonds is 3. The molecular weight excluding hydrogens is 247 g/mol.